The molecule has 0 aromatic heterocycles. The number of ether oxygens (including phenoxy) is 1. The maximum absolute atomic E-state index is 14.0. The van der Waals surface area contributed by atoms with Crippen molar-refractivity contribution in [2.24, 2.45) is 33.5 Å². The maximum atomic E-state index is 14.0. The third-order valence-electron chi connectivity index (χ3n) is 9.06. The number of halogens is 1. The first-order valence-corrected chi connectivity index (χ1v) is 16.9. The van der Waals surface area contributed by atoms with Gasteiger partial charge in [0.25, 0.3) is 0 Å². The van der Waals surface area contributed by atoms with Gasteiger partial charge in [0, 0.05) is 54.4 Å². The van der Waals surface area contributed by atoms with E-state index >= 15 is 0 Å². The number of benzene rings is 1. The lowest BCUT2D eigenvalue weighted by atomic mass is 9.89. The van der Waals surface area contributed by atoms with Gasteiger partial charge in [0.15, 0.2) is 0 Å². The van der Waals surface area contributed by atoms with Gasteiger partial charge in [-0.3, -0.25) is 14.7 Å². The zero-order valence-corrected chi connectivity index (χ0v) is 25.4. The molecule has 10 nitrogen and oxygen atoms in total. The molecular formula is C29H41ClN7O3P. The monoisotopic (exact) mass is 601 g/mol. The number of fused-ring (bicyclic) bond motifs is 2. The van der Waals surface area contributed by atoms with Crippen molar-refractivity contribution in [2.45, 2.75) is 31.3 Å². The molecule has 1 aromatic carbocycles. The highest BCUT2D eigenvalue weighted by atomic mass is 35.5. The van der Waals surface area contributed by atoms with Crippen LogP contribution in [0.5, 0.6) is 5.75 Å². The Kier molecular flexibility index (Phi) is 9.54. The first kappa shape index (κ1) is 29.8. The predicted octanol–water partition coefficient (Wildman–Crippen LogP) is 2.87. The highest BCUT2D eigenvalue weighted by molar-refractivity contribution is 7.71. The van der Waals surface area contributed by atoms with E-state index in [1.807, 2.05) is 18.2 Å². The molecule has 0 radical (unpaired) electrons. The molecule has 4 N–H and O–H groups in total. The number of hydrogen-bond donors (Lipinski definition) is 3. The molecule has 2 heterocycles. The van der Waals surface area contributed by atoms with Gasteiger partial charge in [0.05, 0.1) is 24.8 Å². The minimum absolute atomic E-state index is 0.148. The van der Waals surface area contributed by atoms with Crippen molar-refractivity contribution in [2.75, 3.05) is 58.0 Å². The van der Waals surface area contributed by atoms with Crippen LogP contribution in [0, 0.1) is 17.8 Å². The van der Waals surface area contributed by atoms with Gasteiger partial charge in [-0.2, -0.15) is 0 Å². The number of likely N-dealkylation sites (tertiary alicyclic amines) is 1. The molecule has 2 aliphatic heterocycles. The third-order valence-corrected chi connectivity index (χ3v) is 12.3. The molecule has 2 aliphatic carbocycles. The number of aliphatic imine (C=N–C) groups is 2. The van der Waals surface area contributed by atoms with Gasteiger partial charge in [-0.05, 0) is 63.5 Å². The van der Waals surface area contributed by atoms with E-state index in [1.165, 1.54) is 30.9 Å². The molecule has 1 amide bonds. The van der Waals surface area contributed by atoms with E-state index < -0.39 is 7.14 Å². The Morgan fingerprint density at radius 2 is 1.90 bits per heavy atom. The Morgan fingerprint density at radius 3 is 2.59 bits per heavy atom. The second-order valence-electron chi connectivity index (χ2n) is 11.5. The molecule has 2 saturated heterocycles. The highest BCUT2D eigenvalue weighted by Gasteiger charge is 2.47. The van der Waals surface area contributed by atoms with Gasteiger partial charge in [-0.15, -0.1) is 0 Å². The molecule has 2 bridgehead atoms. The summed E-state index contributed by atoms with van der Waals surface area (Å²) in [5.41, 5.74) is 7.65. The second kappa shape index (κ2) is 13.1. The summed E-state index contributed by atoms with van der Waals surface area (Å²) in [5.74, 6) is 0.645. The Hall–Kier alpha value is -2.65. The summed E-state index contributed by atoms with van der Waals surface area (Å²) in [4.78, 5) is 26.0. The molecule has 1 saturated carbocycles. The van der Waals surface area contributed by atoms with E-state index in [9.17, 15) is 9.36 Å². The fraction of sp³-hybridized carbons (Fsp3) is 0.552. The van der Waals surface area contributed by atoms with Gasteiger partial charge in [-0.1, -0.05) is 23.8 Å². The summed E-state index contributed by atoms with van der Waals surface area (Å²) < 4.78 is 19.7. The standard InChI is InChI=1S/C29H41ClN7O3P/c1-36-11-7-22(8-12-36)37-13-15-41(39,16-14-37)23-5-6-24(25(18-23)40-2)35-29(32-10-9-30)34-19-33-27-21-4-3-20(17-21)26(27)28(31)38/h3-6,9-10,18-22,26-27H,7-8,11-17H2,1-2H3,(H2,31,38)(H2,32,33,34,35)/b10-9+. The van der Waals surface area contributed by atoms with Crippen molar-refractivity contribution < 1.29 is 14.1 Å². The van der Waals surface area contributed by atoms with Crippen LogP contribution in [0.2, 0.25) is 0 Å². The quantitative estimate of drug-likeness (QED) is 0.181. The van der Waals surface area contributed by atoms with Crippen LogP contribution < -0.4 is 26.4 Å². The van der Waals surface area contributed by atoms with Crippen LogP contribution in [0.3, 0.4) is 0 Å². The fourth-order valence-corrected chi connectivity index (χ4v) is 9.38. The van der Waals surface area contributed by atoms with Crippen LogP contribution >= 0.6 is 18.7 Å². The average molecular weight is 602 g/mol. The van der Waals surface area contributed by atoms with E-state index in [2.05, 4.69) is 49.6 Å². The number of carbonyl (C=O) groups excluding carboxylic acids is 1. The molecule has 0 spiro atoms. The minimum atomic E-state index is -2.53. The first-order chi connectivity index (χ1) is 19.8. The van der Waals surface area contributed by atoms with Crippen molar-refractivity contribution in [3.8, 4) is 5.75 Å². The number of allylic oxidation sites excluding steroid dienone is 1. The molecule has 222 valence electrons. The van der Waals surface area contributed by atoms with E-state index in [0.29, 0.717) is 35.8 Å². The van der Waals surface area contributed by atoms with Gasteiger partial charge >= 0.3 is 0 Å². The molecule has 5 rings (SSSR count). The number of piperidine rings is 1. The molecule has 12 heteroatoms. The SMILES string of the molecule is COc1cc(P2(=O)CCN(C3CCN(C)CC3)CC2)ccc1NC(=NC=NC1C2C=CC(C2)C1C(N)=O)N/C=C/Cl. The molecule has 3 fully saturated rings. The minimum Gasteiger partial charge on any atom is -0.495 e. The number of rotatable bonds is 8. The number of amides is 1. The van der Waals surface area contributed by atoms with Crippen LogP contribution in [-0.4, -0.2) is 92.7 Å². The molecule has 4 unspecified atom stereocenters. The Labute approximate surface area is 247 Å². The molecule has 4 atom stereocenters. The smallest absolute Gasteiger partial charge is 0.223 e. The normalized spacial score (nSPS) is 29.0. The summed E-state index contributed by atoms with van der Waals surface area (Å²) in [6.07, 6.45) is 11.8. The van der Waals surface area contributed by atoms with E-state index in [1.54, 1.807) is 7.11 Å². The average Bonchev–Trinajstić information content (AvgIpc) is 3.59. The van der Waals surface area contributed by atoms with Gasteiger partial charge in [-0.25, -0.2) is 4.99 Å². The maximum Gasteiger partial charge on any atom is 0.223 e. The summed E-state index contributed by atoms with van der Waals surface area (Å²) in [6, 6.07) is 6.07. The predicted molar refractivity (Wildman–Crippen MR) is 167 cm³/mol. The van der Waals surface area contributed by atoms with Crippen LogP contribution in [-0.2, 0) is 9.36 Å². The van der Waals surface area contributed by atoms with Crippen molar-refractivity contribution in [1.29, 1.82) is 0 Å². The third kappa shape index (κ3) is 6.72. The van der Waals surface area contributed by atoms with Crippen molar-refractivity contribution in [3.63, 3.8) is 0 Å². The zero-order valence-electron chi connectivity index (χ0n) is 23.8. The van der Waals surface area contributed by atoms with Crippen LogP contribution in [0.1, 0.15) is 19.3 Å². The number of nitrogens with one attached hydrogen (secondary N) is 2. The number of carbonyl (C=O) groups is 1. The second-order valence-corrected chi connectivity index (χ2v) is 14.9. The molecule has 1 aromatic rings. The summed E-state index contributed by atoms with van der Waals surface area (Å²) in [6.45, 7) is 4.00. The largest absolute Gasteiger partial charge is 0.495 e. The summed E-state index contributed by atoms with van der Waals surface area (Å²) >= 11 is 5.75. The lowest BCUT2D eigenvalue weighted by molar-refractivity contribution is -0.122. The Morgan fingerprint density at radius 1 is 1.17 bits per heavy atom. The number of hydrogen-bond acceptors (Lipinski definition) is 6. The molecular weight excluding hydrogens is 561 g/mol. The number of anilines is 1. The topological polar surface area (TPSA) is 125 Å². The van der Waals surface area contributed by atoms with E-state index in [4.69, 9.17) is 22.1 Å². The van der Waals surface area contributed by atoms with Gasteiger partial charge in [0.1, 0.15) is 19.2 Å². The van der Waals surface area contributed by atoms with E-state index in [0.717, 1.165) is 37.9 Å². The summed E-state index contributed by atoms with van der Waals surface area (Å²) in [7, 11) is 1.25. The molecule has 41 heavy (non-hydrogen) atoms. The first-order valence-electron chi connectivity index (χ1n) is 14.4. The number of primary amides is 1. The summed E-state index contributed by atoms with van der Waals surface area (Å²) in [5, 5.41) is 7.07. The highest BCUT2D eigenvalue weighted by Crippen LogP contribution is 2.48. The van der Waals surface area contributed by atoms with Crippen LogP contribution in [0.25, 0.3) is 0 Å². The van der Waals surface area contributed by atoms with Crippen molar-refractivity contribution in [1.82, 2.24) is 15.1 Å². The Bertz CT molecular complexity index is 1260. The van der Waals surface area contributed by atoms with Gasteiger partial charge in [0.2, 0.25) is 11.9 Å². The fourth-order valence-electron chi connectivity index (χ4n) is 6.71. The zero-order chi connectivity index (χ0) is 29.0. The number of methoxy groups -OCH3 is 1. The van der Waals surface area contributed by atoms with Crippen LogP contribution in [0.15, 0.2) is 52.1 Å². The lowest BCUT2D eigenvalue weighted by Crippen LogP contribution is -2.48. The number of nitrogens with two attached hydrogens (primary N) is 1. The lowest BCUT2D eigenvalue weighted by Gasteiger charge is -2.41. The number of guanidine groups is 1. The number of nitrogens with zero attached hydrogens (tertiary/aromatic N) is 4. The van der Waals surface area contributed by atoms with Crippen LogP contribution in [0.4, 0.5) is 5.69 Å². The van der Waals surface area contributed by atoms with E-state index in [-0.39, 0.29) is 29.7 Å². The molecule has 4 aliphatic rings. The Balaban J connectivity index is 1.27. The van der Waals surface area contributed by atoms with Crippen molar-refractivity contribution >= 4 is 47.9 Å². The van der Waals surface area contributed by atoms with Crippen molar-refractivity contribution in [3.05, 3.63) is 42.1 Å². The van der Waals surface area contributed by atoms with Gasteiger partial charge < -0.3 is 30.6 Å².